The summed E-state index contributed by atoms with van der Waals surface area (Å²) >= 11 is 5.89. The summed E-state index contributed by atoms with van der Waals surface area (Å²) in [5.41, 5.74) is 3.48. The Hall–Kier alpha value is -2.20. The summed E-state index contributed by atoms with van der Waals surface area (Å²) in [6.45, 7) is 9.79. The van der Waals surface area contributed by atoms with E-state index in [9.17, 15) is 4.79 Å². The maximum absolute atomic E-state index is 12.5. The van der Waals surface area contributed by atoms with Crippen molar-refractivity contribution in [3.63, 3.8) is 0 Å². The smallest absolute Gasteiger partial charge is 0.321 e. The first kappa shape index (κ1) is 18.6. The van der Waals surface area contributed by atoms with Crippen LogP contribution < -0.4 is 10.2 Å². The van der Waals surface area contributed by atoms with Gasteiger partial charge in [-0.15, -0.1) is 0 Å². The summed E-state index contributed by atoms with van der Waals surface area (Å²) < 4.78 is 0. The van der Waals surface area contributed by atoms with E-state index in [4.69, 9.17) is 11.6 Å². The number of carbonyl (C=O) groups is 1. The molecule has 26 heavy (non-hydrogen) atoms. The van der Waals surface area contributed by atoms with Gasteiger partial charge in [0.2, 0.25) is 0 Å². The zero-order valence-corrected chi connectivity index (χ0v) is 16.4. The van der Waals surface area contributed by atoms with Gasteiger partial charge in [-0.2, -0.15) is 0 Å². The van der Waals surface area contributed by atoms with E-state index in [-0.39, 0.29) is 11.4 Å². The minimum atomic E-state index is -0.0592. The summed E-state index contributed by atoms with van der Waals surface area (Å²) in [6.07, 6.45) is 0. The number of hydrogen-bond donors (Lipinski definition) is 1. The molecule has 0 spiro atoms. The van der Waals surface area contributed by atoms with E-state index in [0.29, 0.717) is 18.1 Å². The molecule has 2 aromatic rings. The Bertz CT molecular complexity index is 760. The van der Waals surface area contributed by atoms with Gasteiger partial charge >= 0.3 is 6.03 Å². The lowest BCUT2D eigenvalue weighted by atomic mass is 9.85. The number of hydrogen-bond acceptors (Lipinski definition) is 2. The highest BCUT2D eigenvalue weighted by atomic mass is 35.5. The molecule has 0 atom stereocenters. The Morgan fingerprint density at radius 2 is 1.58 bits per heavy atom. The SMILES string of the molecule is CC(C)(C)c1ccccc1N1CCN(C(=O)Nc2ccc(Cl)cc2)CC1. The number of nitrogens with one attached hydrogen (secondary N) is 1. The molecule has 2 aromatic carbocycles. The van der Waals surface area contributed by atoms with E-state index >= 15 is 0 Å². The van der Waals surface area contributed by atoms with Gasteiger partial charge in [-0.1, -0.05) is 50.6 Å². The van der Waals surface area contributed by atoms with Crippen molar-refractivity contribution in [2.24, 2.45) is 0 Å². The molecule has 0 aromatic heterocycles. The average Bonchev–Trinajstić information content (AvgIpc) is 2.63. The van der Waals surface area contributed by atoms with Crippen molar-refractivity contribution in [3.8, 4) is 0 Å². The second-order valence-corrected chi connectivity index (χ2v) is 8.11. The van der Waals surface area contributed by atoms with Crippen LogP contribution in [0.1, 0.15) is 26.3 Å². The third-order valence-electron chi connectivity index (χ3n) is 4.72. The number of carbonyl (C=O) groups excluding carboxylic acids is 1. The van der Waals surface area contributed by atoms with Crippen molar-refractivity contribution in [1.29, 1.82) is 0 Å². The van der Waals surface area contributed by atoms with Crippen LogP contribution in [0.5, 0.6) is 0 Å². The molecule has 2 amide bonds. The van der Waals surface area contributed by atoms with Gasteiger partial charge in [-0.25, -0.2) is 4.79 Å². The van der Waals surface area contributed by atoms with Crippen LogP contribution in [0.4, 0.5) is 16.2 Å². The molecule has 1 aliphatic rings. The third-order valence-corrected chi connectivity index (χ3v) is 4.97. The minimum Gasteiger partial charge on any atom is -0.368 e. The van der Waals surface area contributed by atoms with Gasteiger partial charge in [0.25, 0.3) is 0 Å². The van der Waals surface area contributed by atoms with E-state index in [1.54, 1.807) is 12.1 Å². The number of halogens is 1. The Balaban J connectivity index is 1.63. The molecule has 0 radical (unpaired) electrons. The molecule has 4 nitrogen and oxygen atoms in total. The van der Waals surface area contributed by atoms with Crippen LogP contribution in [-0.4, -0.2) is 37.1 Å². The van der Waals surface area contributed by atoms with Gasteiger partial charge in [0.05, 0.1) is 0 Å². The Labute approximate surface area is 160 Å². The van der Waals surface area contributed by atoms with Gasteiger partial charge in [-0.05, 0) is 41.3 Å². The molecule has 1 saturated heterocycles. The molecule has 138 valence electrons. The number of benzene rings is 2. The van der Waals surface area contributed by atoms with Crippen molar-refractivity contribution in [1.82, 2.24) is 4.90 Å². The Morgan fingerprint density at radius 1 is 0.962 bits per heavy atom. The fourth-order valence-electron chi connectivity index (χ4n) is 3.27. The molecular weight excluding hydrogens is 346 g/mol. The number of piperazine rings is 1. The Morgan fingerprint density at radius 3 is 2.19 bits per heavy atom. The molecule has 5 heteroatoms. The molecule has 1 aliphatic heterocycles. The van der Waals surface area contributed by atoms with Gasteiger partial charge in [0, 0.05) is 42.6 Å². The largest absolute Gasteiger partial charge is 0.368 e. The van der Waals surface area contributed by atoms with E-state index in [0.717, 1.165) is 18.8 Å². The topological polar surface area (TPSA) is 35.6 Å². The van der Waals surface area contributed by atoms with Gasteiger partial charge in [0.1, 0.15) is 0 Å². The molecule has 0 bridgehead atoms. The first-order chi connectivity index (χ1) is 12.3. The van der Waals surface area contributed by atoms with Crippen LogP contribution >= 0.6 is 11.6 Å². The minimum absolute atomic E-state index is 0.0592. The maximum atomic E-state index is 12.5. The molecule has 1 fully saturated rings. The zero-order chi connectivity index (χ0) is 18.7. The number of urea groups is 1. The van der Waals surface area contributed by atoms with Gasteiger partial charge in [0.15, 0.2) is 0 Å². The molecule has 3 rings (SSSR count). The normalized spacial score (nSPS) is 15.1. The quantitative estimate of drug-likeness (QED) is 0.807. The highest BCUT2D eigenvalue weighted by Crippen LogP contribution is 2.32. The highest BCUT2D eigenvalue weighted by molar-refractivity contribution is 6.30. The van der Waals surface area contributed by atoms with Crippen LogP contribution in [-0.2, 0) is 5.41 Å². The van der Waals surface area contributed by atoms with Crippen LogP contribution in [0.2, 0.25) is 5.02 Å². The maximum Gasteiger partial charge on any atom is 0.321 e. The van der Waals surface area contributed by atoms with Crippen LogP contribution in [0.3, 0.4) is 0 Å². The number of nitrogens with zero attached hydrogens (tertiary/aromatic N) is 2. The number of amides is 2. The summed E-state index contributed by atoms with van der Waals surface area (Å²) in [5, 5.41) is 3.60. The lowest BCUT2D eigenvalue weighted by Crippen LogP contribution is -2.50. The number of para-hydroxylation sites is 1. The summed E-state index contributed by atoms with van der Waals surface area (Å²) in [5.74, 6) is 0. The molecule has 0 unspecified atom stereocenters. The lowest BCUT2D eigenvalue weighted by Gasteiger charge is -2.38. The fraction of sp³-hybridized carbons (Fsp3) is 0.381. The molecule has 1 heterocycles. The summed E-state index contributed by atoms with van der Waals surface area (Å²) in [4.78, 5) is 16.7. The average molecular weight is 372 g/mol. The first-order valence-corrected chi connectivity index (χ1v) is 9.38. The van der Waals surface area contributed by atoms with Crippen molar-refractivity contribution >= 4 is 29.0 Å². The van der Waals surface area contributed by atoms with Crippen LogP contribution in [0.25, 0.3) is 0 Å². The summed E-state index contributed by atoms with van der Waals surface area (Å²) in [6, 6.07) is 15.7. The zero-order valence-electron chi connectivity index (χ0n) is 15.6. The standard InChI is InChI=1S/C21H26ClN3O/c1-21(2,3)18-6-4-5-7-19(18)24-12-14-25(15-13-24)20(26)23-17-10-8-16(22)9-11-17/h4-11H,12-15H2,1-3H3,(H,23,26). The predicted molar refractivity (Wildman–Crippen MR) is 109 cm³/mol. The van der Waals surface area contributed by atoms with Crippen molar-refractivity contribution in [2.45, 2.75) is 26.2 Å². The highest BCUT2D eigenvalue weighted by Gasteiger charge is 2.25. The third kappa shape index (κ3) is 4.31. The van der Waals surface area contributed by atoms with E-state index in [1.807, 2.05) is 17.0 Å². The second kappa shape index (κ2) is 7.58. The molecular formula is C21H26ClN3O. The Kier molecular flexibility index (Phi) is 5.42. The van der Waals surface area contributed by atoms with Crippen LogP contribution in [0, 0.1) is 0 Å². The number of rotatable bonds is 2. The van der Waals surface area contributed by atoms with Gasteiger partial charge in [-0.3, -0.25) is 0 Å². The predicted octanol–water partition coefficient (Wildman–Crippen LogP) is 4.99. The van der Waals surface area contributed by atoms with Crippen LogP contribution in [0.15, 0.2) is 48.5 Å². The molecule has 0 saturated carbocycles. The van der Waals surface area contributed by atoms with E-state index in [2.05, 4.69) is 55.3 Å². The van der Waals surface area contributed by atoms with Gasteiger partial charge < -0.3 is 15.1 Å². The second-order valence-electron chi connectivity index (χ2n) is 7.68. The number of anilines is 2. The van der Waals surface area contributed by atoms with E-state index < -0.39 is 0 Å². The molecule has 1 N–H and O–H groups in total. The first-order valence-electron chi connectivity index (χ1n) is 9.00. The van der Waals surface area contributed by atoms with Crippen molar-refractivity contribution in [2.75, 3.05) is 36.4 Å². The fourth-order valence-corrected chi connectivity index (χ4v) is 3.40. The van der Waals surface area contributed by atoms with E-state index in [1.165, 1.54) is 11.3 Å². The lowest BCUT2D eigenvalue weighted by molar-refractivity contribution is 0.208. The summed E-state index contributed by atoms with van der Waals surface area (Å²) in [7, 11) is 0. The monoisotopic (exact) mass is 371 g/mol. The van der Waals surface area contributed by atoms with Crippen molar-refractivity contribution in [3.05, 3.63) is 59.1 Å². The molecule has 0 aliphatic carbocycles. The van der Waals surface area contributed by atoms with Crippen molar-refractivity contribution < 1.29 is 4.79 Å².